The lowest BCUT2D eigenvalue weighted by Crippen LogP contribution is -2.63. The molecule has 2 amide bonds. The van der Waals surface area contributed by atoms with Crippen LogP contribution in [0.4, 0.5) is 0 Å². The Hall–Kier alpha value is -3.47. The molecule has 4 N–H and O–H groups in total. The van der Waals surface area contributed by atoms with Crippen molar-refractivity contribution in [3.8, 4) is 5.75 Å². The maximum atomic E-state index is 14.4. The molecule has 1 aliphatic heterocycles. The molecule has 1 heterocycles. The molecule has 2 aromatic carbocycles. The number of nitrogens with one attached hydrogen (secondary N) is 2. The van der Waals surface area contributed by atoms with Crippen LogP contribution in [0.25, 0.3) is 0 Å². The molecular formula is C53H78N4O6. The van der Waals surface area contributed by atoms with Crippen LogP contribution in [0.3, 0.4) is 0 Å². The van der Waals surface area contributed by atoms with Gasteiger partial charge in [0, 0.05) is 57.4 Å². The van der Waals surface area contributed by atoms with E-state index in [0.29, 0.717) is 77.5 Å². The molecule has 0 bridgehead atoms. The molecule has 6 fully saturated rings. The minimum atomic E-state index is -1.06. The zero-order valence-corrected chi connectivity index (χ0v) is 39.4. The summed E-state index contributed by atoms with van der Waals surface area (Å²) in [7, 11) is 0. The molecular weight excluding hydrogens is 789 g/mol. The molecule has 0 radical (unpaired) electrons. The first kappa shape index (κ1) is 46.1. The fraction of sp³-hybridized carbons (Fsp3) is 0.717. The highest BCUT2D eigenvalue weighted by Crippen LogP contribution is 2.73. The van der Waals surface area contributed by atoms with Gasteiger partial charge in [0.25, 0.3) is 5.91 Å². The quantitative estimate of drug-likeness (QED) is 0.139. The van der Waals surface area contributed by atoms with Crippen molar-refractivity contribution in [3.05, 3.63) is 64.7 Å². The molecule has 346 valence electrons. The summed E-state index contributed by atoms with van der Waals surface area (Å²) in [6, 6.07) is 13.3. The number of ether oxygens (including phenoxy) is 1. The molecule has 8 rings (SSSR count). The van der Waals surface area contributed by atoms with Gasteiger partial charge < -0.3 is 30.5 Å². The Balaban J connectivity index is 0.816. The minimum absolute atomic E-state index is 0.0345. The number of fused-ring (bicyclic) bond motifs is 7. The van der Waals surface area contributed by atoms with Crippen molar-refractivity contribution in [3.63, 3.8) is 0 Å². The van der Waals surface area contributed by atoms with E-state index in [-0.39, 0.29) is 46.3 Å². The first-order valence-corrected chi connectivity index (χ1v) is 24.9. The second-order valence-electron chi connectivity index (χ2n) is 22.3. The third-order valence-corrected chi connectivity index (χ3v) is 18.6. The number of aromatic carboxylic acids is 1. The fourth-order valence-electron chi connectivity index (χ4n) is 15.2. The van der Waals surface area contributed by atoms with E-state index in [4.69, 9.17) is 4.74 Å². The van der Waals surface area contributed by atoms with Crippen LogP contribution in [0, 0.1) is 51.2 Å². The molecule has 5 saturated carbocycles. The van der Waals surface area contributed by atoms with E-state index < -0.39 is 5.97 Å². The van der Waals surface area contributed by atoms with E-state index >= 15 is 0 Å². The average molecular weight is 867 g/mol. The van der Waals surface area contributed by atoms with E-state index in [9.17, 15) is 24.6 Å². The Labute approximate surface area is 377 Å². The third-order valence-electron chi connectivity index (χ3n) is 18.6. The van der Waals surface area contributed by atoms with Crippen molar-refractivity contribution in [2.75, 3.05) is 45.9 Å². The second kappa shape index (κ2) is 18.4. The number of amides is 2. The number of benzene rings is 2. The normalized spacial score (nSPS) is 34.0. The van der Waals surface area contributed by atoms with Crippen LogP contribution in [0.5, 0.6) is 5.75 Å². The number of carboxylic acids is 1. The van der Waals surface area contributed by atoms with Crippen LogP contribution in [0.1, 0.15) is 150 Å². The van der Waals surface area contributed by atoms with Crippen molar-refractivity contribution in [2.45, 2.75) is 144 Å². The molecule has 0 aromatic heterocycles. The Morgan fingerprint density at radius 2 is 1.59 bits per heavy atom. The first-order chi connectivity index (χ1) is 30.1. The minimum Gasteiger partial charge on any atom is -0.493 e. The summed E-state index contributed by atoms with van der Waals surface area (Å²) in [6.45, 7) is 20.6. The van der Waals surface area contributed by atoms with Gasteiger partial charge in [0.2, 0.25) is 5.91 Å². The smallest absolute Gasteiger partial charge is 0.339 e. The van der Waals surface area contributed by atoms with Gasteiger partial charge in [-0.15, -0.1) is 0 Å². The number of carbonyl (C=O) groups is 3. The van der Waals surface area contributed by atoms with Crippen LogP contribution in [0.2, 0.25) is 0 Å². The van der Waals surface area contributed by atoms with Crippen LogP contribution in [-0.4, -0.2) is 95.8 Å². The Kier molecular flexibility index (Phi) is 13.5. The number of aliphatic hydroxyl groups is 1. The third kappa shape index (κ3) is 8.83. The van der Waals surface area contributed by atoms with Crippen molar-refractivity contribution in [1.82, 2.24) is 20.4 Å². The first-order valence-electron chi connectivity index (χ1n) is 24.9. The number of rotatable bonds is 14. The molecule has 10 nitrogen and oxygen atoms in total. The van der Waals surface area contributed by atoms with Gasteiger partial charge in [-0.05, 0) is 172 Å². The largest absolute Gasteiger partial charge is 0.493 e. The van der Waals surface area contributed by atoms with Crippen molar-refractivity contribution >= 4 is 17.8 Å². The van der Waals surface area contributed by atoms with Crippen molar-refractivity contribution in [2.24, 2.45) is 51.2 Å². The van der Waals surface area contributed by atoms with E-state index in [1.807, 2.05) is 24.3 Å². The summed E-state index contributed by atoms with van der Waals surface area (Å²) in [5.41, 5.74) is 2.59. The summed E-state index contributed by atoms with van der Waals surface area (Å²) in [4.78, 5) is 44.8. The van der Waals surface area contributed by atoms with Crippen molar-refractivity contribution < 1.29 is 29.3 Å². The predicted octanol–water partition coefficient (Wildman–Crippen LogP) is 8.59. The van der Waals surface area contributed by atoms with Gasteiger partial charge in [0.15, 0.2) is 0 Å². The lowest BCUT2D eigenvalue weighted by atomic mass is 9.36. The molecule has 1 saturated heterocycles. The number of carboxylic acid groups (broad SMARTS) is 1. The van der Waals surface area contributed by atoms with Gasteiger partial charge in [-0.3, -0.25) is 14.5 Å². The highest BCUT2D eigenvalue weighted by molar-refractivity contribution is 5.94. The second-order valence-corrected chi connectivity index (χ2v) is 22.3. The highest BCUT2D eigenvalue weighted by Gasteiger charge is 2.67. The maximum absolute atomic E-state index is 14.4. The lowest BCUT2D eigenvalue weighted by molar-refractivity contribution is -0.214. The van der Waals surface area contributed by atoms with Crippen LogP contribution in [-0.2, 0) is 17.8 Å². The summed E-state index contributed by atoms with van der Waals surface area (Å²) < 4.78 is 5.94. The van der Waals surface area contributed by atoms with E-state index in [2.05, 4.69) is 62.0 Å². The number of nitrogens with zero attached hydrogens (tertiary/aromatic N) is 2. The van der Waals surface area contributed by atoms with E-state index in [1.54, 1.807) is 18.2 Å². The number of carbonyl (C=O) groups excluding carboxylic acids is 2. The molecule has 10 heteroatoms. The fourth-order valence-corrected chi connectivity index (χ4v) is 15.2. The molecule has 0 spiro atoms. The number of hydrogen-bond acceptors (Lipinski definition) is 7. The van der Waals surface area contributed by atoms with Gasteiger partial charge in [0.1, 0.15) is 11.3 Å². The van der Waals surface area contributed by atoms with Gasteiger partial charge in [-0.25, -0.2) is 4.79 Å². The van der Waals surface area contributed by atoms with Crippen LogP contribution < -0.4 is 15.4 Å². The molecule has 63 heavy (non-hydrogen) atoms. The van der Waals surface area contributed by atoms with Gasteiger partial charge in [-0.1, -0.05) is 52.3 Å². The molecule has 9 atom stereocenters. The van der Waals surface area contributed by atoms with Crippen molar-refractivity contribution in [1.29, 1.82) is 0 Å². The average Bonchev–Trinajstić information content (AvgIpc) is 3.72. The van der Waals surface area contributed by atoms with E-state index in [1.165, 1.54) is 25.7 Å². The van der Waals surface area contributed by atoms with E-state index in [0.717, 1.165) is 89.7 Å². The highest BCUT2D eigenvalue weighted by atomic mass is 16.5. The number of piperazine rings is 1. The van der Waals surface area contributed by atoms with Gasteiger partial charge in [-0.2, -0.15) is 0 Å². The van der Waals surface area contributed by atoms with Crippen LogP contribution in [0.15, 0.2) is 42.5 Å². The molecule has 6 aliphatic rings. The summed E-state index contributed by atoms with van der Waals surface area (Å²) in [6.07, 6.45) is 13.7. The lowest BCUT2D eigenvalue weighted by Gasteiger charge is -2.69. The summed E-state index contributed by atoms with van der Waals surface area (Å²) in [5, 5.41) is 27.4. The predicted molar refractivity (Wildman–Crippen MR) is 248 cm³/mol. The van der Waals surface area contributed by atoms with Gasteiger partial charge in [0.05, 0.1) is 18.1 Å². The number of aliphatic hydroxyl groups excluding tert-OH is 1. The maximum Gasteiger partial charge on any atom is 0.339 e. The number of hydrogen-bond donors (Lipinski definition) is 4. The standard InChI is InChI=1S/C53H78N4O6/c1-35(2)57-29-27-56(28-30-57)26-9-31-63-43-15-13-37(33-40(43)48(60)61)34-55-47(59)38-11-7-10-36(32-38)20-25-54-49(62)53-21-8-12-42(53)39-14-16-45-51(5,41(39)17-24-53)22-18-44-50(3,4)46(58)19-23-52(44,45)6/h7,10-11,13,15,32-33,35,39,41-42,44-46,58H,8-9,12,14,16-31,34H2,1-6H3,(H,54,62)(H,55,59)(H,60,61). The van der Waals surface area contributed by atoms with Crippen LogP contribution >= 0.6 is 0 Å². The Bertz CT molecular complexity index is 1980. The molecule has 2 aromatic rings. The zero-order valence-electron chi connectivity index (χ0n) is 39.4. The Morgan fingerprint density at radius 1 is 0.810 bits per heavy atom. The van der Waals surface area contributed by atoms with Gasteiger partial charge >= 0.3 is 5.97 Å². The molecule has 5 aliphatic carbocycles. The molecule has 9 unspecified atom stereocenters. The topological polar surface area (TPSA) is 131 Å². The summed E-state index contributed by atoms with van der Waals surface area (Å²) >= 11 is 0. The SMILES string of the molecule is CC(C)N1CCN(CCCOc2ccc(CNC(=O)c3cccc(CCNC(=O)C45CCCC4C4CCC6C(C)(CCC7C(C)(C)C(O)CCC76C)C4CC5)c3)cc2C(=O)O)CC1. The summed E-state index contributed by atoms with van der Waals surface area (Å²) in [5.74, 6) is 2.31. The zero-order chi connectivity index (χ0) is 44.7. The monoisotopic (exact) mass is 867 g/mol. The Morgan fingerprint density at radius 3 is 2.35 bits per heavy atom.